The van der Waals surface area contributed by atoms with E-state index in [1.807, 2.05) is 4.90 Å². The number of nitrogens with one attached hydrogen (secondary N) is 1. The molecule has 2 aromatic rings. The quantitative estimate of drug-likeness (QED) is 0.741. The molecule has 0 bridgehead atoms. The molecule has 2 unspecified atom stereocenters. The first kappa shape index (κ1) is 20.5. The molecule has 1 N–H and O–H groups in total. The summed E-state index contributed by atoms with van der Waals surface area (Å²) in [6.07, 6.45) is 2.25. The van der Waals surface area contributed by atoms with E-state index in [0.29, 0.717) is 49.5 Å². The van der Waals surface area contributed by atoms with Crippen molar-refractivity contribution in [2.24, 2.45) is 17.8 Å². The van der Waals surface area contributed by atoms with Crippen LogP contribution in [0.3, 0.4) is 0 Å². The van der Waals surface area contributed by atoms with Crippen LogP contribution in [0.4, 0.5) is 15.8 Å². The highest BCUT2D eigenvalue weighted by Crippen LogP contribution is 2.52. The lowest BCUT2D eigenvalue weighted by Crippen LogP contribution is -2.36. The first-order valence-corrected chi connectivity index (χ1v) is 11.4. The number of nitrogens with zero attached hydrogens (tertiary/aromatic N) is 2. The van der Waals surface area contributed by atoms with E-state index in [1.54, 1.807) is 12.1 Å². The summed E-state index contributed by atoms with van der Waals surface area (Å²) in [5.74, 6) is 0.730. The van der Waals surface area contributed by atoms with Gasteiger partial charge in [-0.2, -0.15) is 0 Å². The van der Waals surface area contributed by atoms with Crippen LogP contribution in [-0.2, 0) is 16.0 Å². The maximum absolute atomic E-state index is 14.6. The lowest BCUT2D eigenvalue weighted by Gasteiger charge is -2.29. The monoisotopic (exact) mass is 423 g/mol. The number of morpholine rings is 1. The number of anilines is 2. The number of piperidine rings is 1. The Morgan fingerprint density at radius 1 is 1.06 bits per heavy atom. The molecule has 2 saturated heterocycles. The molecule has 3 fully saturated rings. The first-order chi connectivity index (χ1) is 15.2. The van der Waals surface area contributed by atoms with E-state index in [0.717, 1.165) is 32.5 Å². The average Bonchev–Trinajstić information content (AvgIpc) is 3.30. The summed E-state index contributed by atoms with van der Waals surface area (Å²) < 4.78 is 19.9. The second-order valence-corrected chi connectivity index (χ2v) is 8.96. The summed E-state index contributed by atoms with van der Waals surface area (Å²) in [6, 6.07) is 15.6. The molecule has 164 valence electrons. The highest BCUT2D eigenvalue weighted by atomic mass is 19.1. The minimum absolute atomic E-state index is 0.0393. The molecule has 2 aliphatic heterocycles. The van der Waals surface area contributed by atoms with Gasteiger partial charge in [-0.05, 0) is 55.0 Å². The van der Waals surface area contributed by atoms with Gasteiger partial charge in [0.15, 0.2) is 0 Å². The molecule has 3 aliphatic rings. The third-order valence-corrected chi connectivity index (χ3v) is 6.92. The van der Waals surface area contributed by atoms with Gasteiger partial charge >= 0.3 is 0 Å². The van der Waals surface area contributed by atoms with Crippen LogP contribution in [0, 0.1) is 23.6 Å². The van der Waals surface area contributed by atoms with Gasteiger partial charge in [-0.15, -0.1) is 0 Å². The molecule has 5 nitrogen and oxygen atoms in total. The van der Waals surface area contributed by atoms with E-state index < -0.39 is 0 Å². The lowest BCUT2D eigenvalue weighted by molar-refractivity contribution is -0.118. The molecule has 2 heterocycles. The highest BCUT2D eigenvalue weighted by Gasteiger charge is 2.59. The molecule has 1 saturated carbocycles. The average molecular weight is 424 g/mol. The summed E-state index contributed by atoms with van der Waals surface area (Å²) in [4.78, 5) is 17.2. The molecule has 0 spiro atoms. The van der Waals surface area contributed by atoms with Crippen LogP contribution in [0.1, 0.15) is 12.0 Å². The van der Waals surface area contributed by atoms with Crippen LogP contribution >= 0.6 is 0 Å². The predicted molar refractivity (Wildman–Crippen MR) is 120 cm³/mol. The Morgan fingerprint density at radius 2 is 1.81 bits per heavy atom. The summed E-state index contributed by atoms with van der Waals surface area (Å²) >= 11 is 0. The number of carbonyl (C=O) groups is 1. The maximum atomic E-state index is 14.6. The number of hydrogen-bond donors (Lipinski definition) is 1. The van der Waals surface area contributed by atoms with Crippen molar-refractivity contribution >= 4 is 17.3 Å². The molecule has 1 amide bonds. The zero-order chi connectivity index (χ0) is 21.2. The first-order valence-electron chi connectivity index (χ1n) is 11.4. The zero-order valence-electron chi connectivity index (χ0n) is 17.8. The Kier molecular flexibility index (Phi) is 5.92. The van der Waals surface area contributed by atoms with Crippen molar-refractivity contribution in [1.82, 2.24) is 4.90 Å². The fourth-order valence-electron chi connectivity index (χ4n) is 5.21. The van der Waals surface area contributed by atoms with Crippen LogP contribution < -0.4 is 10.2 Å². The predicted octanol–water partition coefficient (Wildman–Crippen LogP) is 3.41. The molecular formula is C25H30FN3O2. The number of benzene rings is 2. The fraction of sp³-hybridized carbons (Fsp3) is 0.480. The number of aryl methyl sites for hydroxylation is 1. The smallest absolute Gasteiger partial charge is 0.228 e. The number of fused-ring (bicyclic) bond motifs is 1. The van der Waals surface area contributed by atoms with Gasteiger partial charge in [0.05, 0.1) is 18.9 Å². The molecule has 5 rings (SSSR count). The van der Waals surface area contributed by atoms with Gasteiger partial charge in [-0.1, -0.05) is 30.3 Å². The molecule has 6 heteroatoms. The topological polar surface area (TPSA) is 44.8 Å². The van der Waals surface area contributed by atoms with E-state index in [1.165, 1.54) is 11.6 Å². The number of amides is 1. The van der Waals surface area contributed by atoms with Crippen LogP contribution in [0.2, 0.25) is 0 Å². The number of hydrogen-bond acceptors (Lipinski definition) is 4. The fourth-order valence-corrected chi connectivity index (χ4v) is 5.21. The number of rotatable bonds is 7. The summed E-state index contributed by atoms with van der Waals surface area (Å²) in [5, 5.41) is 2.94. The molecular weight excluding hydrogens is 393 g/mol. The van der Waals surface area contributed by atoms with Crippen LogP contribution in [-0.4, -0.2) is 56.7 Å². The van der Waals surface area contributed by atoms with Gasteiger partial charge in [-0.25, -0.2) is 4.39 Å². The number of halogens is 1. The molecule has 31 heavy (non-hydrogen) atoms. The van der Waals surface area contributed by atoms with E-state index in [-0.39, 0.29) is 17.6 Å². The van der Waals surface area contributed by atoms with Crippen LogP contribution in [0.25, 0.3) is 0 Å². The van der Waals surface area contributed by atoms with Crippen molar-refractivity contribution in [3.05, 3.63) is 59.9 Å². The number of likely N-dealkylation sites (tertiary alicyclic amines) is 1. The highest BCUT2D eigenvalue weighted by molar-refractivity contribution is 5.95. The van der Waals surface area contributed by atoms with Crippen molar-refractivity contribution < 1.29 is 13.9 Å². The maximum Gasteiger partial charge on any atom is 0.228 e. The zero-order valence-corrected chi connectivity index (χ0v) is 17.8. The van der Waals surface area contributed by atoms with E-state index in [4.69, 9.17) is 4.74 Å². The number of carbonyl (C=O) groups excluding carboxylic acids is 1. The van der Waals surface area contributed by atoms with Crippen molar-refractivity contribution in [2.75, 3.05) is 56.2 Å². The second kappa shape index (κ2) is 8.97. The lowest BCUT2D eigenvalue weighted by atomic mass is 10.1. The SMILES string of the molecule is O=C(Nc1ccc(N2CCOCC2)c(F)c1)C1C2CN(CCCc3ccccc3)CC21. The third kappa shape index (κ3) is 4.60. The van der Waals surface area contributed by atoms with Gasteiger partial charge in [0.25, 0.3) is 0 Å². The summed E-state index contributed by atoms with van der Waals surface area (Å²) in [7, 11) is 0. The van der Waals surface area contributed by atoms with Gasteiger partial charge in [-0.3, -0.25) is 4.79 Å². The van der Waals surface area contributed by atoms with Gasteiger partial charge in [0, 0.05) is 37.8 Å². The summed E-state index contributed by atoms with van der Waals surface area (Å²) in [5.41, 5.74) is 2.51. The molecule has 2 atom stereocenters. The normalized spacial score (nSPS) is 25.3. The van der Waals surface area contributed by atoms with Gasteiger partial charge < -0.3 is 19.9 Å². The molecule has 2 aromatic carbocycles. The van der Waals surface area contributed by atoms with Crippen molar-refractivity contribution in [3.63, 3.8) is 0 Å². The van der Waals surface area contributed by atoms with Crippen LogP contribution in [0.5, 0.6) is 0 Å². The van der Waals surface area contributed by atoms with E-state index in [9.17, 15) is 9.18 Å². The van der Waals surface area contributed by atoms with Crippen molar-refractivity contribution in [2.45, 2.75) is 12.8 Å². The third-order valence-electron chi connectivity index (χ3n) is 6.92. The second-order valence-electron chi connectivity index (χ2n) is 8.96. The summed E-state index contributed by atoms with van der Waals surface area (Å²) in [6.45, 7) is 5.71. The Balaban J connectivity index is 1.08. The Morgan fingerprint density at radius 3 is 2.52 bits per heavy atom. The van der Waals surface area contributed by atoms with Gasteiger partial charge in [0.2, 0.25) is 5.91 Å². The van der Waals surface area contributed by atoms with Crippen LogP contribution in [0.15, 0.2) is 48.5 Å². The Bertz CT molecular complexity index is 904. The van der Waals surface area contributed by atoms with Gasteiger partial charge in [0.1, 0.15) is 5.82 Å². The minimum atomic E-state index is -0.291. The molecule has 0 aromatic heterocycles. The van der Waals surface area contributed by atoms with E-state index >= 15 is 0 Å². The Hall–Kier alpha value is -2.44. The van der Waals surface area contributed by atoms with E-state index in [2.05, 4.69) is 40.5 Å². The largest absolute Gasteiger partial charge is 0.378 e. The Labute approximate surface area is 183 Å². The van der Waals surface area contributed by atoms with Crippen molar-refractivity contribution in [1.29, 1.82) is 0 Å². The minimum Gasteiger partial charge on any atom is -0.378 e. The molecule has 0 radical (unpaired) electrons. The standard InChI is InChI=1S/C25H30FN3O2/c26-22-15-19(8-9-23(22)29-11-13-31-14-12-29)27-25(30)24-20-16-28(17-21(20)24)10-4-7-18-5-2-1-3-6-18/h1-3,5-6,8-9,15,20-21,24H,4,7,10-14,16-17H2,(H,27,30). The molecule has 1 aliphatic carbocycles. The number of ether oxygens (including phenoxy) is 1. The van der Waals surface area contributed by atoms with Crippen molar-refractivity contribution in [3.8, 4) is 0 Å².